The molecule has 25 heavy (non-hydrogen) atoms. The lowest BCUT2D eigenvalue weighted by atomic mass is 10.0. The summed E-state index contributed by atoms with van der Waals surface area (Å²) < 4.78 is 5.75. The molecule has 1 amide bonds. The molecule has 0 aliphatic heterocycles. The molecule has 1 rings (SSSR count). The lowest BCUT2D eigenvalue weighted by molar-refractivity contribution is -0.121. The Hall–Kier alpha value is -1.30. The summed E-state index contributed by atoms with van der Waals surface area (Å²) >= 11 is 0. The predicted molar refractivity (Wildman–Crippen MR) is 104 cm³/mol. The third-order valence-corrected chi connectivity index (χ3v) is 4.76. The van der Waals surface area contributed by atoms with E-state index in [9.17, 15) is 4.79 Å². The van der Waals surface area contributed by atoms with E-state index in [0.29, 0.717) is 31.3 Å². The standard InChI is InChI=1S/C19H38N4O2/c1-5-25-17(15(2)3)10-11-22-19(20-4)23-13-12-21-18(24)14-16-8-6-7-9-16/h15-17H,5-14H2,1-4H3,(H,21,24)(H2,20,22,23). The molecule has 1 unspecified atom stereocenters. The Morgan fingerprint density at radius 3 is 2.36 bits per heavy atom. The molecule has 6 nitrogen and oxygen atoms in total. The van der Waals surface area contributed by atoms with Crippen LogP contribution in [0.4, 0.5) is 0 Å². The molecular weight excluding hydrogens is 316 g/mol. The molecule has 0 spiro atoms. The van der Waals surface area contributed by atoms with E-state index in [1.54, 1.807) is 7.05 Å². The number of amides is 1. The van der Waals surface area contributed by atoms with Crippen molar-refractivity contribution in [3.63, 3.8) is 0 Å². The molecule has 0 aromatic heterocycles. The van der Waals surface area contributed by atoms with Crippen LogP contribution in [-0.4, -0.2) is 51.3 Å². The van der Waals surface area contributed by atoms with Gasteiger partial charge in [0.1, 0.15) is 0 Å². The van der Waals surface area contributed by atoms with Crippen LogP contribution in [0.2, 0.25) is 0 Å². The second-order valence-electron chi connectivity index (χ2n) is 7.16. The fraction of sp³-hybridized carbons (Fsp3) is 0.895. The van der Waals surface area contributed by atoms with Crippen LogP contribution in [-0.2, 0) is 9.53 Å². The van der Waals surface area contributed by atoms with Crippen LogP contribution in [0.15, 0.2) is 4.99 Å². The van der Waals surface area contributed by atoms with E-state index in [4.69, 9.17) is 4.74 Å². The summed E-state index contributed by atoms with van der Waals surface area (Å²) in [7, 11) is 1.76. The molecule has 6 heteroatoms. The van der Waals surface area contributed by atoms with E-state index >= 15 is 0 Å². The number of rotatable bonds is 11. The van der Waals surface area contributed by atoms with Crippen molar-refractivity contribution in [3.05, 3.63) is 0 Å². The van der Waals surface area contributed by atoms with Crippen LogP contribution in [0.3, 0.4) is 0 Å². The topological polar surface area (TPSA) is 74.8 Å². The Morgan fingerprint density at radius 2 is 1.76 bits per heavy atom. The molecule has 0 radical (unpaired) electrons. The third-order valence-electron chi connectivity index (χ3n) is 4.76. The monoisotopic (exact) mass is 354 g/mol. The second-order valence-corrected chi connectivity index (χ2v) is 7.16. The number of ether oxygens (including phenoxy) is 1. The highest BCUT2D eigenvalue weighted by molar-refractivity contribution is 5.79. The fourth-order valence-electron chi connectivity index (χ4n) is 3.31. The molecule has 0 saturated heterocycles. The Bertz CT molecular complexity index is 393. The van der Waals surface area contributed by atoms with Gasteiger partial charge in [-0.05, 0) is 38.0 Å². The van der Waals surface area contributed by atoms with Gasteiger partial charge in [0.25, 0.3) is 0 Å². The smallest absolute Gasteiger partial charge is 0.220 e. The van der Waals surface area contributed by atoms with E-state index in [2.05, 4.69) is 34.8 Å². The maximum Gasteiger partial charge on any atom is 0.220 e. The van der Waals surface area contributed by atoms with Crippen molar-refractivity contribution in [2.45, 2.75) is 65.4 Å². The molecule has 0 heterocycles. The van der Waals surface area contributed by atoms with Crippen molar-refractivity contribution in [3.8, 4) is 0 Å². The van der Waals surface area contributed by atoms with E-state index in [1.165, 1.54) is 25.7 Å². The number of aliphatic imine (C=N–C) groups is 1. The molecule has 1 aliphatic rings. The predicted octanol–water partition coefficient (Wildman–Crippen LogP) is 2.30. The van der Waals surface area contributed by atoms with Crippen LogP contribution >= 0.6 is 0 Å². The summed E-state index contributed by atoms with van der Waals surface area (Å²) in [6.45, 7) is 9.26. The van der Waals surface area contributed by atoms with E-state index < -0.39 is 0 Å². The maximum absolute atomic E-state index is 11.9. The zero-order valence-corrected chi connectivity index (χ0v) is 16.6. The van der Waals surface area contributed by atoms with Crippen molar-refractivity contribution in [1.29, 1.82) is 0 Å². The van der Waals surface area contributed by atoms with Gasteiger partial charge < -0.3 is 20.7 Å². The third kappa shape index (κ3) is 9.68. The number of hydrogen-bond acceptors (Lipinski definition) is 3. The van der Waals surface area contributed by atoms with Gasteiger partial charge in [-0.15, -0.1) is 0 Å². The summed E-state index contributed by atoms with van der Waals surface area (Å²) in [4.78, 5) is 16.1. The lowest BCUT2D eigenvalue weighted by Crippen LogP contribution is -2.42. The maximum atomic E-state index is 11.9. The number of guanidine groups is 1. The molecular formula is C19H38N4O2. The first-order valence-corrected chi connectivity index (χ1v) is 9.89. The van der Waals surface area contributed by atoms with Crippen LogP contribution in [0.25, 0.3) is 0 Å². The minimum atomic E-state index is 0.174. The summed E-state index contributed by atoms with van der Waals surface area (Å²) in [5.74, 6) is 2.05. The van der Waals surface area contributed by atoms with Crippen molar-refractivity contribution in [2.24, 2.45) is 16.8 Å². The number of nitrogens with zero attached hydrogens (tertiary/aromatic N) is 1. The van der Waals surface area contributed by atoms with E-state index in [0.717, 1.165) is 25.5 Å². The molecule has 0 bridgehead atoms. The highest BCUT2D eigenvalue weighted by Gasteiger charge is 2.18. The second kappa shape index (κ2) is 13.0. The summed E-state index contributed by atoms with van der Waals surface area (Å²) in [5, 5.41) is 9.53. The number of hydrogen-bond donors (Lipinski definition) is 3. The average Bonchev–Trinajstić information content (AvgIpc) is 3.08. The molecule has 1 atom stereocenters. The van der Waals surface area contributed by atoms with Crippen molar-refractivity contribution in [2.75, 3.05) is 33.3 Å². The minimum absolute atomic E-state index is 0.174. The fourth-order valence-corrected chi connectivity index (χ4v) is 3.31. The Morgan fingerprint density at radius 1 is 1.12 bits per heavy atom. The minimum Gasteiger partial charge on any atom is -0.378 e. The van der Waals surface area contributed by atoms with Crippen molar-refractivity contribution < 1.29 is 9.53 Å². The van der Waals surface area contributed by atoms with Crippen molar-refractivity contribution >= 4 is 11.9 Å². The van der Waals surface area contributed by atoms with Gasteiger partial charge in [0, 0.05) is 39.7 Å². The summed E-state index contributed by atoms with van der Waals surface area (Å²) in [6, 6.07) is 0. The molecule has 1 aliphatic carbocycles. The Kier molecular flexibility index (Phi) is 11.3. The molecule has 1 saturated carbocycles. The van der Waals surface area contributed by atoms with Crippen LogP contribution in [0, 0.1) is 11.8 Å². The normalized spacial score (nSPS) is 16.9. The quantitative estimate of drug-likeness (QED) is 0.302. The van der Waals surface area contributed by atoms with Gasteiger partial charge in [0.2, 0.25) is 5.91 Å². The van der Waals surface area contributed by atoms with Crippen LogP contribution in [0.1, 0.15) is 59.3 Å². The largest absolute Gasteiger partial charge is 0.378 e. The average molecular weight is 355 g/mol. The first kappa shape index (κ1) is 21.7. The zero-order chi connectivity index (χ0) is 18.5. The van der Waals surface area contributed by atoms with Gasteiger partial charge >= 0.3 is 0 Å². The molecule has 0 aromatic rings. The van der Waals surface area contributed by atoms with Crippen molar-refractivity contribution in [1.82, 2.24) is 16.0 Å². The molecule has 0 aromatic carbocycles. The Labute approximate surface area is 153 Å². The van der Waals surface area contributed by atoms with E-state index in [-0.39, 0.29) is 12.0 Å². The van der Waals surface area contributed by atoms with Crippen LogP contribution in [0.5, 0.6) is 0 Å². The van der Waals surface area contributed by atoms with Gasteiger partial charge in [0.05, 0.1) is 6.10 Å². The SMILES string of the molecule is CCOC(CCNC(=NC)NCCNC(=O)CC1CCCC1)C(C)C. The number of nitrogens with one attached hydrogen (secondary N) is 3. The molecule has 3 N–H and O–H groups in total. The summed E-state index contributed by atoms with van der Waals surface area (Å²) in [6.07, 6.45) is 6.88. The Balaban J connectivity index is 2.11. The van der Waals surface area contributed by atoms with Gasteiger partial charge in [-0.2, -0.15) is 0 Å². The lowest BCUT2D eigenvalue weighted by Gasteiger charge is -2.21. The van der Waals surface area contributed by atoms with Crippen LogP contribution < -0.4 is 16.0 Å². The molecule has 1 fully saturated rings. The first-order chi connectivity index (χ1) is 12.1. The summed E-state index contributed by atoms with van der Waals surface area (Å²) in [5.41, 5.74) is 0. The zero-order valence-electron chi connectivity index (χ0n) is 16.6. The number of carbonyl (C=O) groups excluding carboxylic acids is 1. The number of carbonyl (C=O) groups is 1. The van der Waals surface area contributed by atoms with E-state index in [1.807, 2.05) is 6.92 Å². The van der Waals surface area contributed by atoms with Gasteiger partial charge in [-0.1, -0.05) is 26.7 Å². The van der Waals surface area contributed by atoms with Gasteiger partial charge in [-0.3, -0.25) is 9.79 Å². The first-order valence-electron chi connectivity index (χ1n) is 9.89. The molecule has 146 valence electrons. The highest BCUT2D eigenvalue weighted by atomic mass is 16.5. The van der Waals surface area contributed by atoms with Gasteiger partial charge in [-0.25, -0.2) is 0 Å². The van der Waals surface area contributed by atoms with Gasteiger partial charge in [0.15, 0.2) is 5.96 Å². The highest BCUT2D eigenvalue weighted by Crippen LogP contribution is 2.27.